The summed E-state index contributed by atoms with van der Waals surface area (Å²) < 4.78 is 56.4. The molecular formula is C13H24NaO12S. The Morgan fingerprint density at radius 3 is 1.89 bits per heavy atom. The van der Waals surface area contributed by atoms with Crippen LogP contribution >= 0.6 is 0 Å². The van der Waals surface area contributed by atoms with E-state index in [9.17, 15) is 28.8 Å². The Morgan fingerprint density at radius 1 is 0.815 bits per heavy atom. The fourth-order valence-corrected chi connectivity index (χ4v) is 3.43. The van der Waals surface area contributed by atoms with E-state index in [1.165, 1.54) is 21.0 Å². The van der Waals surface area contributed by atoms with Crippen LogP contribution in [0.4, 0.5) is 0 Å². The SMILES string of the molecule is CO[C@@H]1O[C@@H](C)[C@@H](OS(=O)(=O)O)[C@@H](O)[C@@H]1O[C@@H]1O[C@@H](C)[C@@H](O)[C@@H](O)[C@@H]1O.[Na]. The van der Waals surface area contributed by atoms with Gasteiger partial charge in [0.1, 0.15) is 36.6 Å². The normalized spacial score (nSPS) is 45.9. The second kappa shape index (κ2) is 10.0. The van der Waals surface area contributed by atoms with Crippen molar-refractivity contribution in [3.8, 4) is 0 Å². The van der Waals surface area contributed by atoms with Crippen LogP contribution in [0.3, 0.4) is 0 Å². The zero-order valence-corrected chi connectivity index (χ0v) is 18.1. The van der Waals surface area contributed by atoms with Gasteiger partial charge >= 0.3 is 10.4 Å². The number of hydrogen-bond acceptors (Lipinski definition) is 11. The van der Waals surface area contributed by atoms with Crippen molar-refractivity contribution >= 4 is 40.0 Å². The Labute approximate surface area is 178 Å². The Balaban J connectivity index is 0.00000364. The van der Waals surface area contributed by atoms with Crippen molar-refractivity contribution in [1.29, 1.82) is 0 Å². The summed E-state index contributed by atoms with van der Waals surface area (Å²) in [5, 5.41) is 40.0. The molecule has 2 aliphatic heterocycles. The van der Waals surface area contributed by atoms with Crippen molar-refractivity contribution in [2.24, 2.45) is 0 Å². The molecule has 10 atom stereocenters. The molecular weight excluding hydrogens is 403 g/mol. The molecule has 2 heterocycles. The number of hydrogen-bond donors (Lipinski definition) is 5. The third-order valence-electron chi connectivity index (χ3n) is 4.32. The molecule has 0 amide bonds. The van der Waals surface area contributed by atoms with Crippen LogP contribution in [0, 0.1) is 0 Å². The van der Waals surface area contributed by atoms with Gasteiger partial charge in [-0.05, 0) is 13.8 Å². The molecule has 0 aliphatic carbocycles. The van der Waals surface area contributed by atoms with E-state index in [1.807, 2.05) is 0 Å². The first-order valence-corrected chi connectivity index (χ1v) is 9.20. The molecule has 14 heteroatoms. The molecule has 0 unspecified atom stereocenters. The summed E-state index contributed by atoms with van der Waals surface area (Å²) in [7, 11) is -3.66. The zero-order valence-electron chi connectivity index (χ0n) is 15.3. The fraction of sp³-hybridized carbons (Fsp3) is 1.00. The van der Waals surface area contributed by atoms with Crippen LogP contribution in [0.5, 0.6) is 0 Å². The topological polar surface area (TPSA) is 181 Å². The Bertz CT molecular complexity index is 576. The molecule has 0 spiro atoms. The molecule has 2 aliphatic rings. The molecule has 2 saturated heterocycles. The second-order valence-corrected chi connectivity index (χ2v) is 7.25. The van der Waals surface area contributed by atoms with Gasteiger partial charge in [-0.15, -0.1) is 0 Å². The van der Waals surface area contributed by atoms with Gasteiger partial charge in [0.15, 0.2) is 12.6 Å². The van der Waals surface area contributed by atoms with Crippen molar-refractivity contribution in [2.45, 2.75) is 75.3 Å². The molecule has 1 radical (unpaired) electrons. The molecule has 155 valence electrons. The number of ether oxygens (including phenoxy) is 4. The molecule has 12 nitrogen and oxygen atoms in total. The van der Waals surface area contributed by atoms with E-state index in [1.54, 1.807) is 0 Å². The number of methoxy groups -OCH3 is 1. The largest absolute Gasteiger partial charge is 0.397 e. The van der Waals surface area contributed by atoms with Crippen molar-refractivity contribution in [2.75, 3.05) is 7.11 Å². The van der Waals surface area contributed by atoms with Crippen molar-refractivity contribution < 1.29 is 56.5 Å². The summed E-state index contributed by atoms with van der Waals surface area (Å²) in [4.78, 5) is 0. The van der Waals surface area contributed by atoms with Crippen LogP contribution < -0.4 is 0 Å². The van der Waals surface area contributed by atoms with Crippen molar-refractivity contribution in [3.63, 3.8) is 0 Å². The first-order chi connectivity index (χ1) is 12.0. The van der Waals surface area contributed by atoms with Crippen LogP contribution in [-0.2, 0) is 33.5 Å². The molecule has 0 saturated carbocycles. The van der Waals surface area contributed by atoms with Gasteiger partial charge in [0, 0.05) is 36.7 Å². The summed E-state index contributed by atoms with van der Waals surface area (Å²) in [6.07, 6.45) is -13.8. The van der Waals surface area contributed by atoms with Gasteiger partial charge in [-0.3, -0.25) is 4.55 Å². The van der Waals surface area contributed by atoms with Crippen LogP contribution in [0.25, 0.3) is 0 Å². The Morgan fingerprint density at radius 2 is 1.37 bits per heavy atom. The van der Waals surface area contributed by atoms with Crippen molar-refractivity contribution in [3.05, 3.63) is 0 Å². The molecule has 0 aromatic carbocycles. The van der Waals surface area contributed by atoms with E-state index in [-0.39, 0.29) is 29.6 Å². The average molecular weight is 427 g/mol. The molecule has 0 bridgehead atoms. The smallest absolute Gasteiger partial charge is 0.388 e. The summed E-state index contributed by atoms with van der Waals surface area (Å²) in [5.41, 5.74) is 0. The molecule has 27 heavy (non-hydrogen) atoms. The zero-order chi connectivity index (χ0) is 19.8. The predicted molar refractivity (Wildman–Crippen MR) is 86.8 cm³/mol. The number of aliphatic hydroxyl groups excluding tert-OH is 4. The van der Waals surface area contributed by atoms with E-state index in [4.69, 9.17) is 23.5 Å². The minimum Gasteiger partial charge on any atom is -0.388 e. The van der Waals surface area contributed by atoms with Gasteiger partial charge in [-0.25, -0.2) is 4.18 Å². The average Bonchev–Trinajstić information content (AvgIpc) is 2.55. The van der Waals surface area contributed by atoms with E-state index in [0.717, 1.165) is 0 Å². The fourth-order valence-electron chi connectivity index (χ4n) is 2.88. The van der Waals surface area contributed by atoms with Crippen LogP contribution in [0.1, 0.15) is 13.8 Å². The standard InChI is InChI=1S/C13H24O12S.Na/c1-4-6(14)7(15)8(16)12(22-4)24-11-9(17)10(25-26(18,19)20)5(2)23-13(11)21-3;/h4-17H,1-3H3,(H,18,19,20);/t4-,5-,6+,7+,8-,9+,10+,11-,12-,13+;/m0./s1. The first kappa shape index (κ1) is 25.6. The molecule has 0 aromatic heterocycles. The van der Waals surface area contributed by atoms with Gasteiger partial charge in [-0.1, -0.05) is 0 Å². The van der Waals surface area contributed by atoms with Gasteiger partial charge in [0.25, 0.3) is 0 Å². The van der Waals surface area contributed by atoms with Gasteiger partial charge in [0.2, 0.25) is 0 Å². The van der Waals surface area contributed by atoms with Crippen LogP contribution in [0.15, 0.2) is 0 Å². The van der Waals surface area contributed by atoms with E-state index in [0.29, 0.717) is 0 Å². The minimum atomic E-state index is -4.90. The van der Waals surface area contributed by atoms with E-state index in [2.05, 4.69) is 4.18 Å². The van der Waals surface area contributed by atoms with Crippen LogP contribution in [0.2, 0.25) is 0 Å². The Kier molecular flexibility index (Phi) is 9.51. The summed E-state index contributed by atoms with van der Waals surface area (Å²) in [6.45, 7) is 2.82. The van der Waals surface area contributed by atoms with Crippen molar-refractivity contribution in [1.82, 2.24) is 0 Å². The number of aliphatic hydroxyl groups is 4. The van der Waals surface area contributed by atoms with Gasteiger partial charge in [-0.2, -0.15) is 8.42 Å². The van der Waals surface area contributed by atoms with Crippen LogP contribution in [-0.4, -0.2) is 131 Å². The second-order valence-electron chi connectivity index (χ2n) is 6.21. The summed E-state index contributed by atoms with van der Waals surface area (Å²) in [5.74, 6) is 0. The summed E-state index contributed by atoms with van der Waals surface area (Å²) >= 11 is 0. The minimum absolute atomic E-state index is 0. The predicted octanol–water partition coefficient (Wildman–Crippen LogP) is -3.24. The molecule has 2 rings (SSSR count). The number of rotatable bonds is 5. The van der Waals surface area contributed by atoms with E-state index < -0.39 is 71.8 Å². The van der Waals surface area contributed by atoms with E-state index >= 15 is 0 Å². The molecule has 2 fully saturated rings. The maximum atomic E-state index is 11.0. The molecule has 0 aromatic rings. The maximum Gasteiger partial charge on any atom is 0.397 e. The third kappa shape index (κ3) is 6.02. The summed E-state index contributed by atoms with van der Waals surface area (Å²) in [6, 6.07) is 0. The first-order valence-electron chi connectivity index (χ1n) is 7.83. The van der Waals surface area contributed by atoms with Gasteiger partial charge < -0.3 is 39.4 Å². The van der Waals surface area contributed by atoms with Gasteiger partial charge in [0.05, 0.1) is 12.2 Å². The third-order valence-corrected chi connectivity index (χ3v) is 4.78. The Hall–Kier alpha value is 0.550. The maximum absolute atomic E-state index is 11.0. The molecule has 5 N–H and O–H groups in total. The monoisotopic (exact) mass is 427 g/mol. The quantitative estimate of drug-likeness (QED) is 0.219.